The van der Waals surface area contributed by atoms with Gasteiger partial charge in [0.1, 0.15) is 11.3 Å². The van der Waals surface area contributed by atoms with Crippen LogP contribution in [0.4, 0.5) is 5.69 Å². The smallest absolute Gasteiger partial charge is 0.275 e. The maximum atomic E-state index is 12.5. The van der Waals surface area contributed by atoms with Crippen LogP contribution < -0.4 is 5.32 Å². The molecule has 3 heterocycles. The Kier molecular flexibility index (Phi) is 5.62. The zero-order chi connectivity index (χ0) is 19.5. The highest BCUT2D eigenvalue weighted by atomic mass is 35.5. The van der Waals surface area contributed by atoms with Crippen molar-refractivity contribution in [2.24, 2.45) is 0 Å². The van der Waals surface area contributed by atoms with E-state index in [2.05, 4.69) is 15.2 Å². The number of nitrogens with zero attached hydrogens (tertiary/aromatic N) is 3. The van der Waals surface area contributed by atoms with Crippen molar-refractivity contribution >= 4 is 28.8 Å². The second-order valence-corrected chi connectivity index (χ2v) is 7.63. The van der Waals surface area contributed by atoms with Crippen molar-refractivity contribution < 1.29 is 9.90 Å². The van der Waals surface area contributed by atoms with Crippen molar-refractivity contribution in [3.8, 4) is 0 Å². The van der Waals surface area contributed by atoms with Gasteiger partial charge in [-0.25, -0.2) is 4.98 Å². The first-order valence-corrected chi connectivity index (χ1v) is 9.92. The number of halogens is 1. The summed E-state index contributed by atoms with van der Waals surface area (Å²) < 4.78 is 1.72. The van der Waals surface area contributed by atoms with Gasteiger partial charge < -0.3 is 19.7 Å². The van der Waals surface area contributed by atoms with Crippen molar-refractivity contribution in [3.63, 3.8) is 0 Å². The molecule has 1 aliphatic rings. The van der Waals surface area contributed by atoms with E-state index in [1.54, 1.807) is 41.1 Å². The van der Waals surface area contributed by atoms with E-state index >= 15 is 0 Å². The molecule has 6 nitrogen and oxygen atoms in total. The summed E-state index contributed by atoms with van der Waals surface area (Å²) in [6.07, 6.45) is 6.51. The Hall–Kier alpha value is -2.41. The zero-order valence-corrected chi connectivity index (χ0v) is 16.3. The summed E-state index contributed by atoms with van der Waals surface area (Å²) in [7, 11) is 0. The van der Waals surface area contributed by atoms with E-state index in [1.165, 1.54) is 19.3 Å². The lowest BCUT2D eigenvalue weighted by molar-refractivity contribution is 0.101. The van der Waals surface area contributed by atoms with Crippen LogP contribution in [0.3, 0.4) is 0 Å². The van der Waals surface area contributed by atoms with Crippen LogP contribution in [0.1, 0.15) is 41.4 Å². The standard InChI is InChI=1S/C21H23ClN4O2/c22-16-6-9-20-24-18(13-26(20)12-16)21(28)23-17-7-4-15(5-8-17)19(27)14-25-10-2-1-3-11-25/h4-9,12-13,19,27H,1-3,10-11,14H2,(H,23,28)/t19-/m1/s1. The van der Waals surface area contributed by atoms with Crippen LogP contribution in [-0.4, -0.2) is 44.9 Å². The summed E-state index contributed by atoms with van der Waals surface area (Å²) in [5, 5.41) is 13.9. The third-order valence-electron chi connectivity index (χ3n) is 5.08. The minimum absolute atomic E-state index is 0.290. The van der Waals surface area contributed by atoms with Gasteiger partial charge in [0.2, 0.25) is 0 Å². The number of pyridine rings is 1. The average Bonchev–Trinajstić information content (AvgIpc) is 3.12. The first-order chi connectivity index (χ1) is 13.6. The van der Waals surface area contributed by atoms with Gasteiger partial charge in [-0.05, 0) is 55.8 Å². The average molecular weight is 399 g/mol. The van der Waals surface area contributed by atoms with E-state index < -0.39 is 6.10 Å². The summed E-state index contributed by atoms with van der Waals surface area (Å²) >= 11 is 5.97. The van der Waals surface area contributed by atoms with E-state index in [9.17, 15) is 9.90 Å². The molecule has 0 spiro atoms. The highest BCUT2D eigenvalue weighted by Crippen LogP contribution is 2.20. The SMILES string of the molecule is O=C(Nc1ccc([C@H](O)CN2CCCCC2)cc1)c1cn2cc(Cl)ccc2n1. The highest BCUT2D eigenvalue weighted by molar-refractivity contribution is 6.30. The molecule has 0 aliphatic carbocycles. The van der Waals surface area contributed by atoms with Crippen molar-refractivity contribution in [2.45, 2.75) is 25.4 Å². The van der Waals surface area contributed by atoms with Gasteiger partial charge in [0.15, 0.2) is 0 Å². The number of benzene rings is 1. The number of piperidine rings is 1. The van der Waals surface area contributed by atoms with Gasteiger partial charge in [-0.2, -0.15) is 0 Å². The lowest BCUT2D eigenvalue weighted by atomic mass is 10.1. The number of hydrogen-bond donors (Lipinski definition) is 2. The van der Waals surface area contributed by atoms with Crippen LogP contribution in [-0.2, 0) is 0 Å². The molecule has 1 saturated heterocycles. The molecule has 1 aromatic carbocycles. The predicted molar refractivity (Wildman–Crippen MR) is 110 cm³/mol. The van der Waals surface area contributed by atoms with Gasteiger partial charge in [0, 0.05) is 24.6 Å². The fourth-order valence-electron chi connectivity index (χ4n) is 3.55. The quantitative estimate of drug-likeness (QED) is 0.686. The summed E-state index contributed by atoms with van der Waals surface area (Å²) in [5.41, 5.74) is 2.49. The van der Waals surface area contributed by atoms with E-state index in [0.717, 1.165) is 18.7 Å². The van der Waals surface area contributed by atoms with E-state index in [4.69, 9.17) is 11.6 Å². The molecule has 1 amide bonds. The summed E-state index contributed by atoms with van der Waals surface area (Å²) in [6.45, 7) is 2.75. The molecule has 0 unspecified atom stereocenters. The summed E-state index contributed by atoms with van der Waals surface area (Å²) in [4.78, 5) is 19.1. The molecule has 1 atom stereocenters. The molecule has 0 bridgehead atoms. The second kappa shape index (κ2) is 8.31. The fraction of sp³-hybridized carbons (Fsp3) is 0.333. The van der Waals surface area contributed by atoms with Crippen molar-refractivity contribution in [1.29, 1.82) is 0 Å². The molecule has 2 N–H and O–H groups in total. The number of aliphatic hydroxyl groups excluding tert-OH is 1. The monoisotopic (exact) mass is 398 g/mol. The van der Waals surface area contributed by atoms with Gasteiger partial charge in [0.05, 0.1) is 11.1 Å². The number of aromatic nitrogens is 2. The molecule has 7 heteroatoms. The molecule has 28 heavy (non-hydrogen) atoms. The predicted octanol–water partition coefficient (Wildman–Crippen LogP) is 3.76. The molecule has 0 saturated carbocycles. The maximum Gasteiger partial charge on any atom is 0.275 e. The lowest BCUT2D eigenvalue weighted by Gasteiger charge is -2.28. The number of amides is 1. The van der Waals surface area contributed by atoms with Crippen molar-refractivity contribution in [3.05, 3.63) is 65.1 Å². The Bertz CT molecular complexity index is 964. The minimum Gasteiger partial charge on any atom is -0.387 e. The van der Waals surface area contributed by atoms with Crippen LogP contribution in [0.25, 0.3) is 5.65 Å². The topological polar surface area (TPSA) is 69.9 Å². The zero-order valence-electron chi connectivity index (χ0n) is 15.5. The third-order valence-corrected chi connectivity index (χ3v) is 5.30. The number of carbonyl (C=O) groups excluding carboxylic acids is 1. The second-order valence-electron chi connectivity index (χ2n) is 7.19. The number of aliphatic hydroxyl groups is 1. The number of nitrogens with one attached hydrogen (secondary N) is 1. The Morgan fingerprint density at radius 1 is 1.11 bits per heavy atom. The number of imidazole rings is 1. The Labute approximate surface area is 168 Å². The largest absolute Gasteiger partial charge is 0.387 e. The third kappa shape index (κ3) is 4.35. The minimum atomic E-state index is -0.522. The Morgan fingerprint density at radius 2 is 1.86 bits per heavy atom. The van der Waals surface area contributed by atoms with E-state index in [-0.39, 0.29) is 5.91 Å². The number of fused-ring (bicyclic) bond motifs is 1. The van der Waals surface area contributed by atoms with Crippen LogP contribution in [0.2, 0.25) is 5.02 Å². The molecule has 3 aromatic rings. The van der Waals surface area contributed by atoms with Crippen LogP contribution in [0.5, 0.6) is 0 Å². The van der Waals surface area contributed by atoms with Gasteiger partial charge in [-0.3, -0.25) is 4.79 Å². The van der Waals surface area contributed by atoms with Gasteiger partial charge >= 0.3 is 0 Å². The summed E-state index contributed by atoms with van der Waals surface area (Å²) in [6, 6.07) is 10.8. The lowest BCUT2D eigenvalue weighted by Crippen LogP contribution is -2.33. The van der Waals surface area contributed by atoms with E-state index in [1.807, 2.05) is 12.1 Å². The molecule has 2 aromatic heterocycles. The number of β-amino-alcohol motifs (C(OH)–C–C–N with tert-alkyl or cyclic N) is 1. The fourth-order valence-corrected chi connectivity index (χ4v) is 3.72. The maximum absolute atomic E-state index is 12.5. The molecular weight excluding hydrogens is 376 g/mol. The van der Waals surface area contributed by atoms with Gasteiger partial charge in [0.25, 0.3) is 5.91 Å². The Morgan fingerprint density at radius 3 is 2.61 bits per heavy atom. The molecule has 1 aliphatic heterocycles. The number of carbonyl (C=O) groups is 1. The van der Waals surface area contributed by atoms with Crippen molar-refractivity contribution in [2.75, 3.05) is 25.0 Å². The normalized spacial score (nSPS) is 16.2. The van der Waals surface area contributed by atoms with Crippen LogP contribution >= 0.6 is 11.6 Å². The first kappa shape index (κ1) is 18.9. The van der Waals surface area contributed by atoms with Crippen LogP contribution in [0.15, 0.2) is 48.8 Å². The van der Waals surface area contributed by atoms with Crippen LogP contribution in [0, 0.1) is 0 Å². The first-order valence-electron chi connectivity index (χ1n) is 9.54. The van der Waals surface area contributed by atoms with Gasteiger partial charge in [-0.1, -0.05) is 30.2 Å². The highest BCUT2D eigenvalue weighted by Gasteiger charge is 2.16. The number of hydrogen-bond acceptors (Lipinski definition) is 4. The Balaban J connectivity index is 1.39. The number of likely N-dealkylation sites (tertiary alicyclic amines) is 1. The molecule has 146 valence electrons. The van der Waals surface area contributed by atoms with E-state index in [0.29, 0.717) is 28.6 Å². The van der Waals surface area contributed by atoms with Crippen molar-refractivity contribution in [1.82, 2.24) is 14.3 Å². The molecule has 4 rings (SSSR count). The number of rotatable bonds is 5. The molecule has 0 radical (unpaired) electrons. The van der Waals surface area contributed by atoms with Gasteiger partial charge in [-0.15, -0.1) is 0 Å². The summed E-state index contributed by atoms with van der Waals surface area (Å²) in [5.74, 6) is -0.290. The number of anilines is 1. The molecular formula is C21H23ClN4O2. The molecule has 1 fully saturated rings.